The summed E-state index contributed by atoms with van der Waals surface area (Å²) >= 11 is 0. The third-order valence-electron chi connectivity index (χ3n) is 5.09. The highest BCUT2D eigenvalue weighted by molar-refractivity contribution is 5.74. The van der Waals surface area contributed by atoms with Gasteiger partial charge in [0, 0.05) is 12.5 Å². The van der Waals surface area contributed by atoms with Crippen molar-refractivity contribution in [2.75, 3.05) is 0 Å². The van der Waals surface area contributed by atoms with Crippen molar-refractivity contribution >= 4 is 5.97 Å². The molecule has 0 radical (unpaired) electrons. The van der Waals surface area contributed by atoms with Crippen LogP contribution >= 0.6 is 0 Å². The second-order valence-electron chi connectivity index (χ2n) is 6.58. The molecule has 0 unspecified atom stereocenters. The number of aryl methyl sites for hydroxylation is 1. The monoisotopic (exact) mass is 307 g/mol. The number of carbonyl (C=O) groups is 1. The predicted octanol–water partition coefficient (Wildman–Crippen LogP) is 2.63. The highest BCUT2D eigenvalue weighted by atomic mass is 16.5. The summed E-state index contributed by atoms with van der Waals surface area (Å²) in [5.41, 5.74) is 0. The average Bonchev–Trinajstić information content (AvgIpc) is 3.11. The third kappa shape index (κ3) is 3.16. The number of nitrogens with zero attached hydrogens (tertiary/aromatic N) is 3. The lowest BCUT2D eigenvalue weighted by atomic mass is 9.85. The fraction of sp³-hybridized carbons (Fsp3) is 0.812. The van der Waals surface area contributed by atoms with Gasteiger partial charge in [0.1, 0.15) is 6.04 Å². The molecule has 122 valence electrons. The average molecular weight is 307 g/mol. The van der Waals surface area contributed by atoms with Gasteiger partial charge in [0.15, 0.2) is 5.82 Å². The van der Waals surface area contributed by atoms with E-state index in [1.165, 1.54) is 12.8 Å². The highest BCUT2D eigenvalue weighted by Gasteiger charge is 2.45. The molecule has 0 amide bonds. The Bertz CT molecular complexity index is 516. The molecule has 22 heavy (non-hydrogen) atoms. The van der Waals surface area contributed by atoms with Crippen LogP contribution in [0.2, 0.25) is 0 Å². The lowest BCUT2D eigenvalue weighted by molar-refractivity contribution is -0.143. The van der Waals surface area contributed by atoms with Crippen LogP contribution in [-0.4, -0.2) is 38.2 Å². The van der Waals surface area contributed by atoms with Crippen molar-refractivity contribution in [1.29, 1.82) is 0 Å². The van der Waals surface area contributed by atoms with Gasteiger partial charge in [-0.05, 0) is 31.6 Å². The van der Waals surface area contributed by atoms with E-state index in [4.69, 9.17) is 4.52 Å². The SMILES string of the molecule is CCCCc1noc(CN2[C@H](C(=O)O)C[C@H]3CCCC[C@@H]32)n1. The van der Waals surface area contributed by atoms with Crippen LogP contribution in [0.15, 0.2) is 4.52 Å². The number of carboxylic acid groups (broad SMARTS) is 1. The van der Waals surface area contributed by atoms with Gasteiger partial charge in [-0.3, -0.25) is 9.69 Å². The highest BCUT2D eigenvalue weighted by Crippen LogP contribution is 2.40. The predicted molar refractivity (Wildman–Crippen MR) is 80.2 cm³/mol. The zero-order valence-corrected chi connectivity index (χ0v) is 13.2. The normalized spacial score (nSPS) is 28.7. The number of carboxylic acids is 1. The summed E-state index contributed by atoms with van der Waals surface area (Å²) in [5.74, 6) is 1.09. The minimum absolute atomic E-state index is 0.362. The first-order chi connectivity index (χ1) is 10.7. The molecule has 0 aromatic carbocycles. The minimum Gasteiger partial charge on any atom is -0.480 e. The first kappa shape index (κ1) is 15.5. The van der Waals surface area contributed by atoms with Gasteiger partial charge in [0.25, 0.3) is 0 Å². The van der Waals surface area contributed by atoms with Gasteiger partial charge in [-0.2, -0.15) is 4.98 Å². The first-order valence-corrected chi connectivity index (χ1v) is 8.49. The minimum atomic E-state index is -0.722. The fourth-order valence-corrected chi connectivity index (χ4v) is 3.97. The van der Waals surface area contributed by atoms with Crippen molar-refractivity contribution in [3.8, 4) is 0 Å². The van der Waals surface area contributed by atoms with Gasteiger partial charge in [-0.15, -0.1) is 0 Å². The van der Waals surface area contributed by atoms with Crippen LogP contribution in [-0.2, 0) is 17.8 Å². The van der Waals surface area contributed by atoms with Gasteiger partial charge < -0.3 is 9.63 Å². The van der Waals surface area contributed by atoms with Crippen molar-refractivity contribution in [2.24, 2.45) is 5.92 Å². The molecular weight excluding hydrogens is 282 g/mol. The molecule has 6 heteroatoms. The van der Waals surface area contributed by atoms with Crippen LogP contribution in [0.1, 0.15) is 63.6 Å². The van der Waals surface area contributed by atoms with E-state index in [0.29, 0.717) is 24.4 Å². The lowest BCUT2D eigenvalue weighted by Gasteiger charge is -2.31. The summed E-state index contributed by atoms with van der Waals surface area (Å²) in [6.07, 6.45) is 8.39. The van der Waals surface area contributed by atoms with E-state index in [1.807, 2.05) is 0 Å². The summed E-state index contributed by atoms with van der Waals surface area (Å²) in [5, 5.41) is 13.5. The lowest BCUT2D eigenvalue weighted by Crippen LogP contribution is -2.41. The zero-order chi connectivity index (χ0) is 15.5. The summed E-state index contributed by atoms with van der Waals surface area (Å²) in [4.78, 5) is 18.1. The maximum absolute atomic E-state index is 11.6. The van der Waals surface area contributed by atoms with Crippen LogP contribution in [0.25, 0.3) is 0 Å². The maximum atomic E-state index is 11.6. The Morgan fingerprint density at radius 2 is 2.23 bits per heavy atom. The standard InChI is InChI=1S/C16H25N3O3/c1-2-3-8-14-17-15(22-18-14)10-19-12-7-5-4-6-11(12)9-13(19)16(20)21/h11-13H,2-10H2,1H3,(H,20,21)/t11-,12+,13+/m1/s1. The molecule has 3 rings (SSSR count). The molecule has 1 aliphatic carbocycles. The largest absolute Gasteiger partial charge is 0.480 e. The molecule has 1 aliphatic heterocycles. The number of rotatable bonds is 6. The first-order valence-electron chi connectivity index (χ1n) is 8.49. The second kappa shape index (κ2) is 6.77. The van der Waals surface area contributed by atoms with E-state index in [0.717, 1.165) is 44.3 Å². The number of aliphatic carboxylic acids is 1. The number of likely N-dealkylation sites (tertiary alicyclic amines) is 1. The molecule has 0 bridgehead atoms. The Morgan fingerprint density at radius 1 is 1.41 bits per heavy atom. The molecule has 2 aliphatic rings. The molecule has 1 N–H and O–H groups in total. The third-order valence-corrected chi connectivity index (χ3v) is 5.09. The molecule has 0 spiro atoms. The number of hydrogen-bond acceptors (Lipinski definition) is 5. The molecule has 2 fully saturated rings. The summed E-state index contributed by atoms with van der Waals surface area (Å²) in [6, 6.07) is -0.0417. The van der Waals surface area contributed by atoms with Gasteiger partial charge in [0.05, 0.1) is 6.54 Å². The Hall–Kier alpha value is -1.43. The number of aromatic nitrogens is 2. The van der Waals surface area contributed by atoms with E-state index >= 15 is 0 Å². The number of fused-ring (bicyclic) bond motifs is 1. The van der Waals surface area contributed by atoms with E-state index in [-0.39, 0.29) is 0 Å². The molecule has 1 saturated heterocycles. The fourth-order valence-electron chi connectivity index (χ4n) is 3.97. The molecule has 1 saturated carbocycles. The van der Waals surface area contributed by atoms with E-state index < -0.39 is 12.0 Å². The van der Waals surface area contributed by atoms with E-state index in [2.05, 4.69) is 22.0 Å². The quantitative estimate of drug-likeness (QED) is 0.870. The van der Waals surface area contributed by atoms with Crippen molar-refractivity contribution in [3.63, 3.8) is 0 Å². The van der Waals surface area contributed by atoms with Gasteiger partial charge in [-0.25, -0.2) is 0 Å². The van der Waals surface area contributed by atoms with Crippen LogP contribution in [0, 0.1) is 5.92 Å². The Kier molecular flexibility index (Phi) is 4.76. The van der Waals surface area contributed by atoms with E-state index in [1.54, 1.807) is 0 Å². The van der Waals surface area contributed by atoms with Gasteiger partial charge >= 0.3 is 5.97 Å². The maximum Gasteiger partial charge on any atom is 0.320 e. The van der Waals surface area contributed by atoms with Crippen molar-refractivity contribution < 1.29 is 14.4 Å². The summed E-state index contributed by atoms with van der Waals surface area (Å²) in [6.45, 7) is 2.60. The topological polar surface area (TPSA) is 79.5 Å². The smallest absolute Gasteiger partial charge is 0.320 e. The molecule has 1 aromatic heterocycles. The molecule has 3 atom stereocenters. The molecule has 6 nitrogen and oxygen atoms in total. The number of unbranched alkanes of at least 4 members (excludes halogenated alkanes) is 1. The van der Waals surface area contributed by atoms with Crippen molar-refractivity contribution in [1.82, 2.24) is 15.0 Å². The Labute approximate surface area is 130 Å². The Morgan fingerprint density at radius 3 is 3.00 bits per heavy atom. The van der Waals surface area contributed by atoms with Crippen LogP contribution in [0.5, 0.6) is 0 Å². The zero-order valence-electron chi connectivity index (χ0n) is 13.2. The van der Waals surface area contributed by atoms with Crippen LogP contribution in [0.3, 0.4) is 0 Å². The second-order valence-corrected chi connectivity index (χ2v) is 6.58. The molecule has 2 heterocycles. The van der Waals surface area contributed by atoms with Gasteiger partial charge in [0.2, 0.25) is 5.89 Å². The van der Waals surface area contributed by atoms with E-state index in [9.17, 15) is 9.90 Å². The number of hydrogen-bond donors (Lipinski definition) is 1. The molecule has 1 aromatic rings. The van der Waals surface area contributed by atoms with Gasteiger partial charge in [-0.1, -0.05) is 31.3 Å². The Balaban J connectivity index is 1.70. The van der Waals surface area contributed by atoms with Crippen molar-refractivity contribution in [3.05, 3.63) is 11.7 Å². The summed E-state index contributed by atoms with van der Waals surface area (Å²) < 4.78 is 5.34. The molecular formula is C16H25N3O3. The van der Waals surface area contributed by atoms with Crippen LogP contribution in [0.4, 0.5) is 0 Å². The summed E-state index contributed by atoms with van der Waals surface area (Å²) in [7, 11) is 0. The van der Waals surface area contributed by atoms with Crippen LogP contribution < -0.4 is 0 Å². The van der Waals surface area contributed by atoms with Crippen molar-refractivity contribution in [2.45, 2.75) is 76.9 Å².